The molecule has 3 heteroatoms. The van der Waals surface area contributed by atoms with Crippen LogP contribution in [0.5, 0.6) is 0 Å². The van der Waals surface area contributed by atoms with Crippen LogP contribution in [0.15, 0.2) is 30.3 Å². The van der Waals surface area contributed by atoms with Crippen LogP contribution >= 0.6 is 0 Å². The Kier molecular flexibility index (Phi) is 7.97. The predicted molar refractivity (Wildman–Crippen MR) is 126 cm³/mol. The van der Waals surface area contributed by atoms with E-state index in [0.29, 0.717) is 5.56 Å². The minimum atomic E-state index is -1.40. The number of aryl methyl sites for hydroxylation is 1. The van der Waals surface area contributed by atoms with Gasteiger partial charge in [-0.05, 0) is 77.8 Å². The molecule has 2 aromatic rings. The van der Waals surface area contributed by atoms with Gasteiger partial charge in [0.25, 0.3) is 0 Å². The van der Waals surface area contributed by atoms with Gasteiger partial charge >= 0.3 is 0 Å². The summed E-state index contributed by atoms with van der Waals surface area (Å²) in [5, 5.41) is 0. The molecule has 2 aromatic carbocycles. The first-order chi connectivity index (χ1) is 15.5. The lowest BCUT2D eigenvalue weighted by atomic mass is 9.75. The molecule has 1 unspecified atom stereocenters. The molecule has 32 heavy (non-hydrogen) atoms. The summed E-state index contributed by atoms with van der Waals surface area (Å²) in [6.07, 6.45) is 17.3. The lowest BCUT2D eigenvalue weighted by Gasteiger charge is -2.31. The molecule has 174 valence electrons. The monoisotopic (exact) mass is 442 g/mol. The van der Waals surface area contributed by atoms with Gasteiger partial charge in [0, 0.05) is 0 Å². The SMILES string of the molecule is CCCCCC1CCC(CCC2CCc3cc(-c4cc(F)c(F)c(F)c4)ccc3C2)CC1. The molecule has 0 spiro atoms. The van der Waals surface area contributed by atoms with Crippen LogP contribution < -0.4 is 0 Å². The quantitative estimate of drug-likeness (QED) is 0.282. The highest BCUT2D eigenvalue weighted by Gasteiger charge is 2.24. The summed E-state index contributed by atoms with van der Waals surface area (Å²) in [5.41, 5.74) is 3.80. The topological polar surface area (TPSA) is 0 Å². The lowest BCUT2D eigenvalue weighted by Crippen LogP contribution is -2.18. The van der Waals surface area contributed by atoms with Crippen molar-refractivity contribution in [2.75, 3.05) is 0 Å². The molecule has 1 fully saturated rings. The largest absolute Gasteiger partial charge is 0.204 e. The number of rotatable bonds is 8. The molecule has 0 aliphatic heterocycles. The molecule has 0 N–H and O–H groups in total. The molecule has 1 atom stereocenters. The number of fused-ring (bicyclic) bond motifs is 1. The van der Waals surface area contributed by atoms with Crippen LogP contribution in [0.2, 0.25) is 0 Å². The van der Waals surface area contributed by atoms with Gasteiger partial charge in [-0.3, -0.25) is 0 Å². The second kappa shape index (κ2) is 10.9. The molecule has 0 heterocycles. The zero-order chi connectivity index (χ0) is 22.5. The fourth-order valence-electron chi connectivity index (χ4n) is 5.94. The fraction of sp³-hybridized carbons (Fsp3) is 0.586. The van der Waals surface area contributed by atoms with Crippen molar-refractivity contribution in [1.29, 1.82) is 0 Å². The van der Waals surface area contributed by atoms with Gasteiger partial charge in [0.05, 0.1) is 0 Å². The van der Waals surface area contributed by atoms with Gasteiger partial charge in [-0.1, -0.05) is 82.9 Å². The molecule has 0 saturated heterocycles. The summed E-state index contributed by atoms with van der Waals surface area (Å²) in [7, 11) is 0. The summed E-state index contributed by atoms with van der Waals surface area (Å²) in [6.45, 7) is 2.28. The zero-order valence-corrected chi connectivity index (χ0v) is 19.4. The molecular formula is C29H37F3. The first-order valence-corrected chi connectivity index (χ1v) is 12.8. The maximum Gasteiger partial charge on any atom is 0.194 e. The van der Waals surface area contributed by atoms with Crippen molar-refractivity contribution in [3.8, 4) is 11.1 Å². The highest BCUT2D eigenvalue weighted by Crippen LogP contribution is 2.37. The van der Waals surface area contributed by atoms with Crippen molar-refractivity contribution in [1.82, 2.24) is 0 Å². The Morgan fingerprint density at radius 3 is 2.03 bits per heavy atom. The van der Waals surface area contributed by atoms with E-state index in [0.717, 1.165) is 48.3 Å². The molecule has 0 nitrogen and oxygen atoms in total. The summed E-state index contributed by atoms with van der Waals surface area (Å²) in [5.74, 6) is -1.02. The van der Waals surface area contributed by atoms with E-state index in [2.05, 4.69) is 13.0 Å². The van der Waals surface area contributed by atoms with Crippen LogP contribution in [0.25, 0.3) is 11.1 Å². The van der Waals surface area contributed by atoms with E-state index in [9.17, 15) is 13.2 Å². The van der Waals surface area contributed by atoms with Crippen LogP contribution in [0.1, 0.15) is 88.7 Å². The van der Waals surface area contributed by atoms with Crippen LogP contribution in [0, 0.1) is 35.2 Å². The third-order valence-corrected chi connectivity index (χ3v) is 8.02. The van der Waals surface area contributed by atoms with Crippen LogP contribution in [-0.4, -0.2) is 0 Å². The number of benzene rings is 2. The van der Waals surface area contributed by atoms with E-state index in [1.54, 1.807) is 0 Å². The third kappa shape index (κ3) is 5.77. The van der Waals surface area contributed by atoms with Crippen molar-refractivity contribution in [3.63, 3.8) is 0 Å². The predicted octanol–water partition coefficient (Wildman–Crippen LogP) is 9.04. The minimum absolute atomic E-state index is 0.400. The number of hydrogen-bond acceptors (Lipinski definition) is 0. The van der Waals surface area contributed by atoms with E-state index >= 15 is 0 Å². The average molecular weight is 443 g/mol. The van der Waals surface area contributed by atoms with Gasteiger partial charge in [-0.15, -0.1) is 0 Å². The summed E-state index contributed by atoms with van der Waals surface area (Å²) >= 11 is 0. The Morgan fingerprint density at radius 1 is 0.688 bits per heavy atom. The first kappa shape index (κ1) is 23.4. The first-order valence-electron chi connectivity index (χ1n) is 12.8. The van der Waals surface area contributed by atoms with Crippen LogP contribution in [0.4, 0.5) is 13.2 Å². The molecule has 2 aliphatic carbocycles. The molecule has 0 radical (unpaired) electrons. The van der Waals surface area contributed by atoms with Crippen molar-refractivity contribution >= 4 is 0 Å². The molecule has 1 saturated carbocycles. The summed E-state index contributed by atoms with van der Waals surface area (Å²) < 4.78 is 40.5. The Labute approximate surface area is 191 Å². The fourth-order valence-corrected chi connectivity index (χ4v) is 5.94. The van der Waals surface area contributed by atoms with E-state index in [1.807, 2.05) is 12.1 Å². The molecule has 0 amide bonds. The smallest absolute Gasteiger partial charge is 0.194 e. The average Bonchev–Trinajstić information content (AvgIpc) is 2.81. The van der Waals surface area contributed by atoms with E-state index in [-0.39, 0.29) is 0 Å². The van der Waals surface area contributed by atoms with E-state index in [4.69, 9.17) is 0 Å². The van der Waals surface area contributed by atoms with Crippen LogP contribution in [-0.2, 0) is 12.8 Å². The number of hydrogen-bond donors (Lipinski definition) is 0. The number of unbranched alkanes of at least 4 members (excludes halogenated alkanes) is 2. The Bertz CT molecular complexity index is 872. The second-order valence-electron chi connectivity index (χ2n) is 10.3. The van der Waals surface area contributed by atoms with Gasteiger partial charge in [0.2, 0.25) is 0 Å². The van der Waals surface area contributed by atoms with Gasteiger partial charge < -0.3 is 0 Å². The van der Waals surface area contributed by atoms with Crippen molar-refractivity contribution in [2.45, 2.75) is 90.4 Å². The molecular weight excluding hydrogens is 405 g/mol. The second-order valence-corrected chi connectivity index (χ2v) is 10.3. The lowest BCUT2D eigenvalue weighted by molar-refractivity contribution is 0.233. The standard InChI is InChI=1S/C29H37F3/c1-2-3-4-5-20-6-8-21(9-7-20)10-11-22-12-13-24-17-25(15-14-23(24)16-22)26-18-27(30)29(32)28(31)19-26/h14-15,17-22H,2-13,16H2,1H3. The molecule has 0 aromatic heterocycles. The Morgan fingerprint density at radius 2 is 1.34 bits per heavy atom. The van der Waals surface area contributed by atoms with Gasteiger partial charge in [-0.25, -0.2) is 13.2 Å². The maximum atomic E-state index is 13.6. The molecule has 4 rings (SSSR count). The molecule has 2 aliphatic rings. The Hall–Kier alpha value is -1.77. The zero-order valence-electron chi connectivity index (χ0n) is 19.4. The number of halogens is 3. The maximum absolute atomic E-state index is 13.6. The summed E-state index contributed by atoms with van der Waals surface area (Å²) in [6, 6.07) is 8.25. The van der Waals surface area contributed by atoms with Crippen molar-refractivity contribution in [3.05, 3.63) is 58.9 Å². The normalized spacial score (nSPS) is 23.2. The van der Waals surface area contributed by atoms with E-state index in [1.165, 1.54) is 81.8 Å². The van der Waals surface area contributed by atoms with Crippen LogP contribution in [0.3, 0.4) is 0 Å². The highest BCUT2D eigenvalue weighted by molar-refractivity contribution is 5.65. The summed E-state index contributed by atoms with van der Waals surface area (Å²) in [4.78, 5) is 0. The van der Waals surface area contributed by atoms with Gasteiger partial charge in [0.1, 0.15) is 0 Å². The highest BCUT2D eigenvalue weighted by atomic mass is 19.2. The van der Waals surface area contributed by atoms with E-state index < -0.39 is 17.5 Å². The van der Waals surface area contributed by atoms with Gasteiger partial charge in [-0.2, -0.15) is 0 Å². The Balaban J connectivity index is 1.28. The van der Waals surface area contributed by atoms with Gasteiger partial charge in [0.15, 0.2) is 17.5 Å². The van der Waals surface area contributed by atoms with Crippen molar-refractivity contribution < 1.29 is 13.2 Å². The third-order valence-electron chi connectivity index (χ3n) is 8.02. The minimum Gasteiger partial charge on any atom is -0.204 e. The van der Waals surface area contributed by atoms with Crippen molar-refractivity contribution in [2.24, 2.45) is 17.8 Å². The molecule has 0 bridgehead atoms.